The van der Waals surface area contributed by atoms with E-state index >= 15 is 0 Å². The van der Waals surface area contributed by atoms with Gasteiger partial charge in [-0.15, -0.1) is 0 Å². The fraction of sp³-hybridized carbons (Fsp3) is 0.712. The van der Waals surface area contributed by atoms with Gasteiger partial charge in [-0.3, -0.25) is 72.5 Å². The van der Waals surface area contributed by atoms with Gasteiger partial charge in [0.15, 0.2) is 35.2 Å². The van der Waals surface area contributed by atoms with Crippen molar-refractivity contribution in [2.24, 2.45) is 96.2 Å². The monoisotopic (exact) mass is 1160 g/mol. The Morgan fingerprint density at radius 1 is 0.488 bits per heavy atom. The Morgan fingerprint density at radius 3 is 1.37 bits per heavy atom. The van der Waals surface area contributed by atoms with Crippen molar-refractivity contribution in [1.29, 1.82) is 0 Å². The summed E-state index contributed by atoms with van der Waals surface area (Å²) in [6, 6.07) is -5.94. The number of nitrogens with one attached hydrogen (secondary N) is 5. The normalized spacial score (nSPS) is 15.8. The molecule has 23 N–H and O–H groups in total. The van der Waals surface area contributed by atoms with Crippen LogP contribution in [-0.4, -0.2) is 157 Å². The number of likely N-dealkylation sites (tertiary alicyclic amines) is 1. The van der Waals surface area contributed by atoms with Crippen LogP contribution in [0.15, 0.2) is 15.0 Å². The van der Waals surface area contributed by atoms with Gasteiger partial charge in [0.25, 0.3) is 0 Å². The van der Waals surface area contributed by atoms with Crippen molar-refractivity contribution >= 4 is 88.4 Å². The number of hydrogen-bond acceptors (Lipinski definition) is 15. The molecule has 1 aliphatic rings. The number of carbonyl (C=O) groups is 12. The minimum Gasteiger partial charge on any atom is -0.370 e. The van der Waals surface area contributed by atoms with E-state index in [0.29, 0.717) is 12.8 Å². The predicted molar refractivity (Wildman–Crippen MR) is 305 cm³/mol. The Labute approximate surface area is 479 Å². The van der Waals surface area contributed by atoms with Crippen LogP contribution < -0.4 is 78.2 Å². The largest absolute Gasteiger partial charge is 0.370 e. The fourth-order valence-electron chi connectivity index (χ4n) is 9.33. The molecule has 30 nitrogen and oxygen atoms in total. The van der Waals surface area contributed by atoms with Crippen LogP contribution in [-0.2, 0) is 57.5 Å². The third-order valence-electron chi connectivity index (χ3n) is 13.7. The first-order valence-electron chi connectivity index (χ1n) is 27.8. The van der Waals surface area contributed by atoms with Crippen molar-refractivity contribution in [1.82, 2.24) is 31.5 Å². The highest BCUT2D eigenvalue weighted by Crippen LogP contribution is 2.26. The summed E-state index contributed by atoms with van der Waals surface area (Å²) in [5, 5.41) is 13.1. The van der Waals surface area contributed by atoms with E-state index in [1.54, 1.807) is 6.92 Å². The zero-order valence-corrected chi connectivity index (χ0v) is 48.2. The lowest BCUT2D eigenvalue weighted by Gasteiger charge is -2.30. The molecule has 462 valence electrons. The third-order valence-corrected chi connectivity index (χ3v) is 13.7. The SMILES string of the molecule is CNC(=O)[C@H](CCC(N)=O)NC(=O)[C@@H]1CCCN1C(=O)[C@H](CCCN=C(N)N)CC(=O)[C@H](CCCN=C(N)N)NC(=O)[C@H](CCC(N)=O)CC(=O)[C@H](C)NC(=O)[C@H](CCC(N)=O)CC(=O)[C@H](CCCN=C(N)N)NC(=O)[C@@H](C)CC(C)C. The summed E-state index contributed by atoms with van der Waals surface area (Å²) in [7, 11) is 1.35. The number of hydrogen-bond donors (Lipinski definition) is 14. The van der Waals surface area contributed by atoms with Gasteiger partial charge >= 0.3 is 0 Å². The van der Waals surface area contributed by atoms with Gasteiger partial charge in [0.1, 0.15) is 12.1 Å². The lowest BCUT2D eigenvalue weighted by Crippen LogP contribution is -2.54. The number of nitrogens with two attached hydrogens (primary N) is 9. The molecule has 0 bridgehead atoms. The first-order valence-corrected chi connectivity index (χ1v) is 27.8. The maximum atomic E-state index is 14.5. The molecule has 9 amide bonds. The number of likely N-dealkylation sites (N-methyl/N-ethyl adjacent to an activating group) is 1. The lowest BCUT2D eigenvalue weighted by atomic mass is 9.89. The number of guanidine groups is 3. The Balaban J connectivity index is 3.56. The third kappa shape index (κ3) is 29.0. The molecule has 9 atom stereocenters. The van der Waals surface area contributed by atoms with Crippen molar-refractivity contribution < 1.29 is 57.5 Å². The molecule has 30 heteroatoms. The average Bonchev–Trinajstić information content (AvgIpc) is 3.94. The summed E-state index contributed by atoms with van der Waals surface area (Å²) in [6.45, 7) is 7.28. The van der Waals surface area contributed by atoms with E-state index in [4.69, 9.17) is 51.6 Å². The van der Waals surface area contributed by atoms with Crippen LogP contribution in [0.3, 0.4) is 0 Å². The minimum atomic E-state index is -1.34. The molecule has 1 rings (SSSR count). The van der Waals surface area contributed by atoms with Crippen LogP contribution in [0.5, 0.6) is 0 Å². The molecule has 1 heterocycles. The van der Waals surface area contributed by atoms with Crippen LogP contribution in [0.4, 0.5) is 0 Å². The van der Waals surface area contributed by atoms with Gasteiger partial charge in [-0.1, -0.05) is 20.8 Å². The summed E-state index contributed by atoms with van der Waals surface area (Å²) < 4.78 is 0. The maximum Gasteiger partial charge on any atom is 0.243 e. The van der Waals surface area contributed by atoms with Crippen LogP contribution in [0.1, 0.15) is 143 Å². The number of ketones is 3. The topological polar surface area (TPSA) is 539 Å². The number of aliphatic imine (C=N–C) groups is 3. The van der Waals surface area contributed by atoms with Crippen LogP contribution in [0.25, 0.3) is 0 Å². The second-order valence-electron chi connectivity index (χ2n) is 21.2. The molecule has 0 aromatic rings. The van der Waals surface area contributed by atoms with E-state index in [-0.39, 0.29) is 139 Å². The van der Waals surface area contributed by atoms with Gasteiger partial charge in [-0.2, -0.15) is 0 Å². The van der Waals surface area contributed by atoms with E-state index in [9.17, 15) is 57.5 Å². The summed E-state index contributed by atoms with van der Waals surface area (Å²) in [5.41, 5.74) is 49.3. The maximum absolute atomic E-state index is 14.5. The van der Waals surface area contributed by atoms with Gasteiger partial charge in [0.05, 0.1) is 18.1 Å². The molecule has 1 fully saturated rings. The molecule has 0 aliphatic carbocycles. The van der Waals surface area contributed by atoms with Crippen LogP contribution in [0, 0.1) is 29.6 Å². The Kier molecular flexibility index (Phi) is 33.3. The molecule has 0 aromatic heterocycles. The number of nitrogens with zero attached hydrogens (tertiary/aromatic N) is 4. The quantitative estimate of drug-likeness (QED) is 0.0158. The molecule has 0 spiro atoms. The molecule has 0 radical (unpaired) electrons. The highest BCUT2D eigenvalue weighted by Gasteiger charge is 2.40. The van der Waals surface area contributed by atoms with Crippen molar-refractivity contribution in [3.8, 4) is 0 Å². The number of Topliss-reactive ketones (excluding diaryl/α,β-unsaturated/α-hetero) is 3. The molecular formula is C52H92N18O12. The summed E-state index contributed by atoms with van der Waals surface area (Å²) in [4.78, 5) is 174. The van der Waals surface area contributed by atoms with Crippen molar-refractivity contribution in [3.63, 3.8) is 0 Å². The van der Waals surface area contributed by atoms with E-state index in [0.717, 1.165) is 0 Å². The second kappa shape index (κ2) is 37.9. The molecule has 1 aliphatic heterocycles. The first-order chi connectivity index (χ1) is 38.5. The van der Waals surface area contributed by atoms with Gasteiger partial charge in [-0.25, -0.2) is 0 Å². The zero-order valence-electron chi connectivity index (χ0n) is 48.2. The van der Waals surface area contributed by atoms with E-state index in [1.807, 2.05) is 13.8 Å². The van der Waals surface area contributed by atoms with Gasteiger partial charge < -0.3 is 83.1 Å². The number of rotatable bonds is 42. The highest BCUT2D eigenvalue weighted by molar-refractivity contribution is 5.98. The average molecular weight is 1160 g/mol. The number of primary amides is 3. The van der Waals surface area contributed by atoms with Gasteiger partial charge in [0.2, 0.25) is 53.2 Å². The van der Waals surface area contributed by atoms with E-state index in [2.05, 4.69) is 41.6 Å². The smallest absolute Gasteiger partial charge is 0.243 e. The van der Waals surface area contributed by atoms with Crippen molar-refractivity contribution in [2.45, 2.75) is 173 Å². The fourth-order valence-corrected chi connectivity index (χ4v) is 9.33. The predicted octanol–water partition coefficient (Wildman–Crippen LogP) is -3.95. The van der Waals surface area contributed by atoms with E-state index in [1.165, 1.54) is 18.9 Å². The molecular weight excluding hydrogens is 1070 g/mol. The summed E-state index contributed by atoms with van der Waals surface area (Å²) in [6.07, 6.45) is -1.23. The van der Waals surface area contributed by atoms with Gasteiger partial charge in [0, 0.05) is 95.4 Å². The van der Waals surface area contributed by atoms with Crippen molar-refractivity contribution in [2.75, 3.05) is 33.2 Å². The Bertz CT molecular complexity index is 2300. The molecule has 82 heavy (non-hydrogen) atoms. The summed E-state index contributed by atoms with van der Waals surface area (Å²) >= 11 is 0. The molecule has 0 saturated carbocycles. The lowest BCUT2D eigenvalue weighted by molar-refractivity contribution is -0.144. The standard InChI is InChI=1S/C52H92N18O12/c1-28(2)24-29(3)44(77)67-34(11-7-21-64-51(58)59)39(72)26-32(15-18-42(54)75)45(78)66-30(4)38(71)25-31(14-17-41(53)74)46(79)68-35(12-8-22-65-52(60)61)40(73)27-33(10-6-20-63-50(56)57)49(82)70-23-9-13-37(70)48(81)69-36(47(80)62-5)16-19-43(55)76/h28-37H,6-27H2,1-5H3,(H2,53,74)(H2,54,75)(H2,55,76)(H,62,80)(H,66,78)(H,67,77)(H,68,79)(H,69,81)(H4,56,57,63)(H4,58,59,64)(H4,60,61,65)/t29-,30-,31+,32+,33+,34-,35-,36-,37-/m0/s1. The minimum absolute atomic E-state index is 0.0168. The molecule has 0 aromatic carbocycles. The van der Waals surface area contributed by atoms with Crippen LogP contribution >= 0.6 is 0 Å². The molecule has 1 saturated heterocycles. The zero-order chi connectivity index (χ0) is 62.2. The molecule has 0 unspecified atom stereocenters. The van der Waals surface area contributed by atoms with E-state index < -0.39 is 138 Å². The van der Waals surface area contributed by atoms with Crippen LogP contribution in [0.2, 0.25) is 0 Å². The highest BCUT2D eigenvalue weighted by atomic mass is 16.2. The Morgan fingerprint density at radius 2 is 0.915 bits per heavy atom. The van der Waals surface area contributed by atoms with Gasteiger partial charge in [-0.05, 0) is 89.9 Å². The Hall–Kier alpha value is -7.95. The second-order valence-corrected chi connectivity index (χ2v) is 21.2. The number of amides is 9. The number of carbonyl (C=O) groups excluding carboxylic acids is 12. The summed E-state index contributed by atoms with van der Waals surface area (Å²) in [5.74, 6) is -12.6. The van der Waals surface area contributed by atoms with Crippen molar-refractivity contribution in [3.05, 3.63) is 0 Å². The first kappa shape index (κ1) is 72.1.